The van der Waals surface area contributed by atoms with Crippen LogP contribution in [0.4, 0.5) is 5.69 Å². The minimum atomic E-state index is -3.76. The minimum absolute atomic E-state index is 0.104. The standard InChI is InChI=1S/C21H26N2O4S/c1-14-8-6-7-9-18(14)20(25)22-19-11-10-17(12-15(19)2)28(26,27)23-16(3)21(4,5)13-24/h6-7,9-12,16,23-24H,13H2,1-5H3/p+1. The number of aliphatic hydroxyl groups is 1. The summed E-state index contributed by atoms with van der Waals surface area (Å²) in [5.74, 6) is -0.274. The van der Waals surface area contributed by atoms with Gasteiger partial charge in [-0.25, -0.2) is 13.1 Å². The first-order valence-corrected chi connectivity index (χ1v) is 10.5. The minimum Gasteiger partial charge on any atom is -0.396 e. The molecule has 3 N–H and O–H groups in total. The van der Waals surface area contributed by atoms with Crippen LogP contribution in [0.25, 0.3) is 0 Å². The van der Waals surface area contributed by atoms with Crippen molar-refractivity contribution in [3.8, 4) is 0 Å². The van der Waals surface area contributed by atoms with Gasteiger partial charge in [0.25, 0.3) is 0 Å². The van der Waals surface area contributed by atoms with Crippen LogP contribution in [0.3, 0.4) is 0 Å². The van der Waals surface area contributed by atoms with E-state index >= 15 is 0 Å². The van der Waals surface area contributed by atoms with Gasteiger partial charge in [-0.3, -0.25) is 4.79 Å². The van der Waals surface area contributed by atoms with Gasteiger partial charge >= 0.3 is 5.91 Å². The number of aryl methyl sites for hydroxylation is 1. The van der Waals surface area contributed by atoms with Gasteiger partial charge in [0.05, 0.1) is 11.0 Å². The van der Waals surface area contributed by atoms with E-state index in [9.17, 15) is 18.3 Å². The van der Waals surface area contributed by atoms with Crippen molar-refractivity contribution in [3.05, 3.63) is 59.2 Å². The maximum Gasteiger partial charge on any atom is 0.313 e. The number of sulfonamides is 1. The Morgan fingerprint density at radius 3 is 2.54 bits per heavy atom. The summed E-state index contributed by atoms with van der Waals surface area (Å²) < 4.78 is 28.0. The first-order chi connectivity index (χ1) is 13.0. The molecule has 28 heavy (non-hydrogen) atoms. The molecule has 1 aromatic rings. The molecular formula is C21H27N2O4S+. The van der Waals surface area contributed by atoms with Crippen LogP contribution in [-0.4, -0.2) is 32.1 Å². The number of hydrogen-bond acceptors (Lipinski definition) is 4. The summed E-state index contributed by atoms with van der Waals surface area (Å²) >= 11 is 0. The lowest BCUT2D eigenvalue weighted by atomic mass is 9.87. The second-order valence-electron chi connectivity index (χ2n) is 7.63. The van der Waals surface area contributed by atoms with Gasteiger partial charge in [0.2, 0.25) is 10.0 Å². The van der Waals surface area contributed by atoms with Crippen LogP contribution < -0.4 is 10.0 Å². The average Bonchev–Trinajstić information content (AvgIpc) is 2.63. The average molecular weight is 404 g/mol. The van der Waals surface area contributed by atoms with Crippen LogP contribution in [0.5, 0.6) is 0 Å². The van der Waals surface area contributed by atoms with Gasteiger partial charge in [-0.15, -0.1) is 0 Å². The normalized spacial score (nSPS) is 15.4. The van der Waals surface area contributed by atoms with Gasteiger partial charge in [0, 0.05) is 35.9 Å². The molecule has 0 spiro atoms. The van der Waals surface area contributed by atoms with Gasteiger partial charge in [-0.05, 0) is 44.5 Å². The number of benzene rings is 1. The number of carbonyl (C=O) groups excluding carboxylic acids is 1. The lowest BCUT2D eigenvalue weighted by Crippen LogP contribution is -2.44. The van der Waals surface area contributed by atoms with Crippen LogP contribution in [0, 0.1) is 18.4 Å². The molecule has 2 rings (SSSR count). The summed E-state index contributed by atoms with van der Waals surface area (Å²) in [7, 11) is -3.76. The third-order valence-electron chi connectivity index (χ3n) is 4.98. The number of hydrogen-bond donors (Lipinski definition) is 3. The number of carbonyl (C=O) groups is 1. The van der Waals surface area contributed by atoms with Crippen molar-refractivity contribution in [1.82, 2.24) is 4.72 Å². The molecule has 1 aliphatic carbocycles. The lowest BCUT2D eigenvalue weighted by molar-refractivity contribution is -0.112. The molecule has 1 amide bonds. The highest BCUT2D eigenvalue weighted by atomic mass is 32.2. The van der Waals surface area contributed by atoms with Crippen molar-refractivity contribution in [2.45, 2.75) is 45.6 Å². The van der Waals surface area contributed by atoms with Crippen LogP contribution in [0.1, 0.15) is 33.3 Å². The highest BCUT2D eigenvalue weighted by Crippen LogP contribution is 2.24. The van der Waals surface area contributed by atoms with Crippen LogP contribution >= 0.6 is 0 Å². The van der Waals surface area contributed by atoms with Gasteiger partial charge < -0.3 is 10.4 Å². The summed E-state index contributed by atoms with van der Waals surface area (Å²) in [6.45, 7) is 8.68. The van der Waals surface area contributed by atoms with Gasteiger partial charge in [-0.2, -0.15) is 0 Å². The first kappa shape index (κ1) is 22.0. The summed E-state index contributed by atoms with van der Waals surface area (Å²) in [5, 5.41) is 12.2. The Kier molecular flexibility index (Phi) is 6.57. The molecule has 1 atom stereocenters. The molecule has 0 saturated heterocycles. The van der Waals surface area contributed by atoms with Gasteiger partial charge in [0.15, 0.2) is 5.57 Å². The predicted octanol–water partition coefficient (Wildman–Crippen LogP) is 2.86. The molecule has 0 aliphatic heterocycles. The Balaban J connectivity index is 2.20. The second-order valence-corrected chi connectivity index (χ2v) is 9.34. The fraction of sp³-hybridized carbons (Fsp3) is 0.381. The van der Waals surface area contributed by atoms with E-state index in [0.717, 1.165) is 5.57 Å². The van der Waals surface area contributed by atoms with E-state index in [4.69, 9.17) is 0 Å². The molecule has 1 unspecified atom stereocenters. The summed E-state index contributed by atoms with van der Waals surface area (Å²) in [6, 6.07) is 4.08. The highest BCUT2D eigenvalue weighted by molar-refractivity contribution is 7.89. The van der Waals surface area contributed by atoms with E-state index in [1.807, 2.05) is 0 Å². The lowest BCUT2D eigenvalue weighted by Gasteiger charge is -2.30. The van der Waals surface area contributed by atoms with Crippen molar-refractivity contribution in [2.75, 3.05) is 11.9 Å². The summed E-state index contributed by atoms with van der Waals surface area (Å²) in [5.41, 5.74) is 1.82. The van der Waals surface area contributed by atoms with Crippen LogP contribution in [-0.2, 0) is 14.8 Å². The number of rotatable bonds is 7. The largest absolute Gasteiger partial charge is 0.396 e. The Morgan fingerprint density at radius 1 is 1.29 bits per heavy atom. The molecule has 1 aromatic carbocycles. The van der Waals surface area contributed by atoms with Crippen molar-refractivity contribution < 1.29 is 18.3 Å². The SMILES string of the molecule is CC1=[C+]C=CC=C1C(=O)Nc1ccc(S(=O)(=O)NC(C)C(C)(C)CO)cc1C. The van der Waals surface area contributed by atoms with E-state index in [1.54, 1.807) is 58.9 Å². The fourth-order valence-corrected chi connectivity index (χ4v) is 4.00. The Bertz CT molecular complexity index is 957. The highest BCUT2D eigenvalue weighted by Gasteiger charge is 2.29. The molecule has 0 aromatic heterocycles. The molecule has 150 valence electrons. The molecule has 0 saturated carbocycles. The molecule has 0 heterocycles. The number of aliphatic hydroxyl groups excluding tert-OH is 1. The number of nitrogens with one attached hydrogen (secondary N) is 2. The second kappa shape index (κ2) is 8.37. The van der Waals surface area contributed by atoms with Crippen molar-refractivity contribution in [1.29, 1.82) is 0 Å². The fourth-order valence-electron chi connectivity index (χ4n) is 2.50. The zero-order valence-electron chi connectivity index (χ0n) is 16.8. The zero-order valence-corrected chi connectivity index (χ0v) is 17.6. The molecule has 7 heteroatoms. The van der Waals surface area contributed by atoms with Gasteiger partial charge in [0.1, 0.15) is 11.6 Å². The number of anilines is 1. The summed E-state index contributed by atoms with van der Waals surface area (Å²) in [4.78, 5) is 12.6. The molecule has 0 fully saturated rings. The topological polar surface area (TPSA) is 95.5 Å². The van der Waals surface area contributed by atoms with E-state index in [2.05, 4.69) is 16.1 Å². The quantitative estimate of drug-likeness (QED) is 0.610. The van der Waals surface area contributed by atoms with E-state index in [-0.39, 0.29) is 17.4 Å². The maximum atomic E-state index is 12.7. The number of allylic oxidation sites excluding steroid dienone is 4. The smallest absolute Gasteiger partial charge is 0.313 e. The monoisotopic (exact) mass is 403 g/mol. The van der Waals surface area contributed by atoms with Crippen LogP contribution in [0.15, 0.2) is 52.5 Å². The van der Waals surface area contributed by atoms with E-state index in [0.29, 0.717) is 16.8 Å². The van der Waals surface area contributed by atoms with E-state index in [1.165, 1.54) is 12.1 Å². The third kappa shape index (κ3) is 4.94. The first-order valence-electron chi connectivity index (χ1n) is 9.00. The van der Waals surface area contributed by atoms with E-state index < -0.39 is 21.5 Å². The van der Waals surface area contributed by atoms with Crippen molar-refractivity contribution in [3.63, 3.8) is 0 Å². The third-order valence-corrected chi connectivity index (χ3v) is 6.51. The Morgan fingerprint density at radius 2 is 1.96 bits per heavy atom. The molecule has 0 radical (unpaired) electrons. The van der Waals surface area contributed by atoms with Crippen molar-refractivity contribution >= 4 is 21.6 Å². The van der Waals surface area contributed by atoms with Gasteiger partial charge in [-0.1, -0.05) is 13.8 Å². The molecule has 0 bridgehead atoms. The van der Waals surface area contributed by atoms with Crippen LogP contribution in [0.2, 0.25) is 0 Å². The number of amides is 1. The Hall–Kier alpha value is -2.31. The Labute approximate surface area is 167 Å². The van der Waals surface area contributed by atoms with Crippen molar-refractivity contribution in [2.24, 2.45) is 5.41 Å². The molecule has 1 aliphatic rings. The maximum absolute atomic E-state index is 12.7. The summed E-state index contributed by atoms with van der Waals surface area (Å²) in [6.07, 6.45) is 8.17. The zero-order chi connectivity index (χ0) is 21.1. The predicted molar refractivity (Wildman–Crippen MR) is 110 cm³/mol. The molecule has 6 nitrogen and oxygen atoms in total. The molecular weight excluding hydrogens is 376 g/mol.